The number of hydrogen-bond donors (Lipinski definition) is 1. The molecule has 3 heterocycles. The molecule has 2 aliphatic carbocycles. The van der Waals surface area contributed by atoms with Crippen molar-refractivity contribution in [1.29, 1.82) is 0 Å². The van der Waals surface area contributed by atoms with Crippen molar-refractivity contribution in [3.63, 3.8) is 0 Å². The molecule has 2 saturated carbocycles. The number of amides is 2. The van der Waals surface area contributed by atoms with Gasteiger partial charge in [-0.15, -0.1) is 23.1 Å². The van der Waals surface area contributed by atoms with E-state index < -0.39 is 5.97 Å². The summed E-state index contributed by atoms with van der Waals surface area (Å²) in [5.74, 6) is -0.685. The second kappa shape index (κ2) is 7.93. The number of nitrogens with zero attached hydrogens (tertiary/aromatic N) is 2. The van der Waals surface area contributed by atoms with Crippen LogP contribution in [-0.4, -0.2) is 51.3 Å². The number of carbonyl (C=O) groups excluding carboxylic acids is 2. The minimum atomic E-state index is -0.999. The number of carboxylic acid groups (broad SMARTS) is 1. The van der Waals surface area contributed by atoms with E-state index in [0.717, 1.165) is 16.1 Å². The SMILES string of the molecule is COc1ccc([C@@H]2c3sc(=S)n(C)c3S[C@@H]3[C@H]4C[C@@H]([C@@H]5C(=O)N(CCC(=O)O)C(=O)[C@@H]45)[C@@H]23)cc1. The number of methoxy groups -OCH3 is 1. The summed E-state index contributed by atoms with van der Waals surface area (Å²) in [6, 6.07) is 8.16. The molecule has 2 amide bonds. The molecule has 178 valence electrons. The van der Waals surface area contributed by atoms with Gasteiger partial charge in [-0.1, -0.05) is 12.1 Å². The largest absolute Gasteiger partial charge is 0.497 e. The number of thioether (sulfide) groups is 1. The van der Waals surface area contributed by atoms with Gasteiger partial charge in [0.2, 0.25) is 11.8 Å². The predicted molar refractivity (Wildman–Crippen MR) is 130 cm³/mol. The van der Waals surface area contributed by atoms with Gasteiger partial charge in [0, 0.05) is 29.6 Å². The normalized spacial score (nSPS) is 33.1. The summed E-state index contributed by atoms with van der Waals surface area (Å²) in [6.07, 6.45) is 0.658. The molecule has 1 aromatic heterocycles. The lowest BCUT2D eigenvalue weighted by Gasteiger charge is -2.43. The maximum absolute atomic E-state index is 13.4. The minimum Gasteiger partial charge on any atom is -0.497 e. The fraction of sp³-hybridized carbons (Fsp3) is 0.500. The van der Waals surface area contributed by atoms with Gasteiger partial charge in [0.05, 0.1) is 30.4 Å². The van der Waals surface area contributed by atoms with Crippen LogP contribution in [0.4, 0.5) is 0 Å². The second-order valence-electron chi connectivity index (χ2n) is 9.59. The number of aliphatic carboxylic acids is 1. The summed E-state index contributed by atoms with van der Waals surface area (Å²) in [7, 11) is 3.65. The van der Waals surface area contributed by atoms with Crippen LogP contribution in [0.25, 0.3) is 0 Å². The Balaban J connectivity index is 1.42. The number of imide groups is 1. The van der Waals surface area contributed by atoms with Gasteiger partial charge < -0.3 is 14.4 Å². The van der Waals surface area contributed by atoms with Crippen molar-refractivity contribution < 1.29 is 24.2 Å². The van der Waals surface area contributed by atoms with Crippen LogP contribution in [0.3, 0.4) is 0 Å². The Bertz CT molecular complexity index is 1270. The molecule has 6 rings (SSSR count). The fourth-order valence-electron chi connectivity index (χ4n) is 6.85. The van der Waals surface area contributed by atoms with E-state index in [2.05, 4.69) is 16.7 Å². The molecule has 2 aromatic rings. The van der Waals surface area contributed by atoms with Gasteiger partial charge in [0.1, 0.15) is 5.75 Å². The molecule has 1 aromatic carbocycles. The fourth-order valence-corrected chi connectivity index (χ4v) is 10.4. The lowest BCUT2D eigenvalue weighted by atomic mass is 9.68. The van der Waals surface area contributed by atoms with Gasteiger partial charge in [-0.3, -0.25) is 19.3 Å². The first-order chi connectivity index (χ1) is 16.3. The zero-order valence-corrected chi connectivity index (χ0v) is 21.1. The van der Waals surface area contributed by atoms with E-state index in [1.54, 1.807) is 18.4 Å². The molecule has 3 fully saturated rings. The molecule has 2 aliphatic heterocycles. The van der Waals surface area contributed by atoms with E-state index in [1.165, 1.54) is 20.4 Å². The van der Waals surface area contributed by atoms with Crippen LogP contribution < -0.4 is 4.74 Å². The van der Waals surface area contributed by atoms with Crippen LogP contribution in [-0.2, 0) is 21.4 Å². The Hall–Kier alpha value is -2.17. The Kier molecular flexibility index (Phi) is 5.20. The van der Waals surface area contributed by atoms with Crippen LogP contribution >= 0.6 is 35.3 Å². The lowest BCUT2D eigenvalue weighted by molar-refractivity contribution is -0.142. The van der Waals surface area contributed by atoms with E-state index in [-0.39, 0.29) is 65.5 Å². The van der Waals surface area contributed by atoms with Crippen molar-refractivity contribution in [3.8, 4) is 5.75 Å². The van der Waals surface area contributed by atoms with Gasteiger partial charge >= 0.3 is 5.97 Å². The molecule has 34 heavy (non-hydrogen) atoms. The summed E-state index contributed by atoms with van der Waals surface area (Å²) >= 11 is 9.10. The number of rotatable bonds is 5. The average molecular weight is 517 g/mol. The third-order valence-electron chi connectivity index (χ3n) is 8.18. The van der Waals surface area contributed by atoms with Crippen LogP contribution in [0.5, 0.6) is 5.75 Å². The number of carbonyl (C=O) groups is 3. The third-order valence-corrected chi connectivity index (χ3v) is 11.6. The highest BCUT2D eigenvalue weighted by molar-refractivity contribution is 8.00. The number of benzene rings is 1. The first-order valence-electron chi connectivity index (χ1n) is 11.4. The maximum Gasteiger partial charge on any atom is 0.305 e. The predicted octanol–water partition coefficient (Wildman–Crippen LogP) is 3.77. The molecule has 0 unspecified atom stereocenters. The number of fused-ring (bicyclic) bond motifs is 9. The van der Waals surface area contributed by atoms with Crippen LogP contribution in [0, 0.1) is 33.5 Å². The summed E-state index contributed by atoms with van der Waals surface area (Å²) < 4.78 is 8.28. The van der Waals surface area contributed by atoms with Gasteiger partial charge in [-0.2, -0.15) is 0 Å². The monoisotopic (exact) mass is 516 g/mol. The zero-order chi connectivity index (χ0) is 23.9. The number of aromatic nitrogens is 1. The van der Waals surface area contributed by atoms with Crippen LogP contribution in [0.2, 0.25) is 0 Å². The van der Waals surface area contributed by atoms with Crippen LogP contribution in [0.1, 0.15) is 29.2 Å². The summed E-state index contributed by atoms with van der Waals surface area (Å²) in [4.78, 5) is 40.2. The molecular formula is C24H24N2O5S3. The molecule has 10 heteroatoms. The van der Waals surface area contributed by atoms with E-state index in [4.69, 9.17) is 22.1 Å². The first kappa shape index (κ1) is 22.3. The Labute approximate surface area is 210 Å². The zero-order valence-electron chi connectivity index (χ0n) is 18.7. The quantitative estimate of drug-likeness (QED) is 0.478. The molecule has 7 nitrogen and oxygen atoms in total. The number of likely N-dealkylation sites (tertiary alicyclic amines) is 1. The van der Waals surface area contributed by atoms with Crippen molar-refractivity contribution in [2.24, 2.45) is 36.6 Å². The van der Waals surface area contributed by atoms with Gasteiger partial charge in [0.25, 0.3) is 0 Å². The highest BCUT2D eigenvalue weighted by Gasteiger charge is 2.69. The molecule has 0 radical (unpaired) electrons. The van der Waals surface area contributed by atoms with Crippen LogP contribution in [0.15, 0.2) is 29.3 Å². The number of thiazole rings is 1. The molecule has 2 bridgehead atoms. The van der Waals surface area contributed by atoms with Gasteiger partial charge in [0.15, 0.2) is 3.95 Å². The third kappa shape index (κ3) is 3.01. The highest BCUT2D eigenvalue weighted by Crippen LogP contribution is 2.69. The number of hydrogen-bond acceptors (Lipinski definition) is 7. The number of carboxylic acids is 1. The Morgan fingerprint density at radius 2 is 1.85 bits per heavy atom. The standard InChI is InChI=1S/C24H24N2O5S3/c1-25-23-20(34-24(25)32)15(10-3-5-11(31-2)6-4-10)16-12-9-13(19(16)33-23)18-17(12)21(29)26(22(18)30)8-7-14(27)28/h3-6,12-13,15-19H,7-9H2,1-2H3,(H,27,28)/t12-,13+,15+,16+,17+,18+,19-/m1/s1. The topological polar surface area (TPSA) is 88.8 Å². The number of ether oxygens (including phenoxy) is 1. The average Bonchev–Trinajstić information content (AvgIpc) is 3.53. The molecule has 1 N–H and O–H groups in total. The van der Waals surface area contributed by atoms with Crippen molar-refractivity contribution in [3.05, 3.63) is 38.7 Å². The summed E-state index contributed by atoms with van der Waals surface area (Å²) in [5, 5.41) is 10.5. The minimum absolute atomic E-state index is 0.0363. The van der Waals surface area contributed by atoms with Crippen molar-refractivity contribution in [2.45, 2.75) is 29.0 Å². The summed E-state index contributed by atoms with van der Waals surface area (Å²) in [5.41, 5.74) is 1.18. The van der Waals surface area contributed by atoms with Crippen molar-refractivity contribution >= 4 is 53.1 Å². The van der Waals surface area contributed by atoms with Gasteiger partial charge in [-0.05, 0) is 54.1 Å². The maximum atomic E-state index is 13.4. The molecule has 4 aliphatic rings. The van der Waals surface area contributed by atoms with E-state index in [0.29, 0.717) is 0 Å². The molecule has 7 atom stereocenters. The van der Waals surface area contributed by atoms with E-state index in [9.17, 15) is 14.4 Å². The van der Waals surface area contributed by atoms with Crippen molar-refractivity contribution in [2.75, 3.05) is 13.7 Å². The molecule has 1 saturated heterocycles. The van der Waals surface area contributed by atoms with E-state index >= 15 is 0 Å². The van der Waals surface area contributed by atoms with Gasteiger partial charge in [-0.25, -0.2) is 0 Å². The highest BCUT2D eigenvalue weighted by atomic mass is 32.2. The molecule has 0 spiro atoms. The second-order valence-corrected chi connectivity index (χ2v) is 12.4. The lowest BCUT2D eigenvalue weighted by Crippen LogP contribution is -2.43. The van der Waals surface area contributed by atoms with Crippen molar-refractivity contribution in [1.82, 2.24) is 9.47 Å². The van der Waals surface area contributed by atoms with E-state index in [1.807, 2.05) is 30.9 Å². The first-order valence-corrected chi connectivity index (χ1v) is 13.5. The Morgan fingerprint density at radius 1 is 1.18 bits per heavy atom. The smallest absolute Gasteiger partial charge is 0.305 e. The Morgan fingerprint density at radius 3 is 2.50 bits per heavy atom. The molecular weight excluding hydrogens is 492 g/mol. The summed E-state index contributed by atoms with van der Waals surface area (Å²) in [6.45, 7) is -0.0363.